The van der Waals surface area contributed by atoms with Crippen molar-refractivity contribution in [3.8, 4) is 11.3 Å². The average molecular weight is 463 g/mol. The van der Waals surface area contributed by atoms with E-state index < -0.39 is 32.1 Å². The average Bonchev–Trinajstić information content (AvgIpc) is 3.39. The molecule has 1 saturated carbocycles. The molecule has 0 atom stereocenters. The summed E-state index contributed by atoms with van der Waals surface area (Å²) < 4.78 is 52.1. The summed E-state index contributed by atoms with van der Waals surface area (Å²) in [6, 6.07) is 11.4. The molecule has 1 amide bonds. The van der Waals surface area contributed by atoms with Crippen LogP contribution in [-0.4, -0.2) is 24.1 Å². The highest BCUT2D eigenvalue weighted by atomic mass is 32.2. The number of carbonyl (C=O) groups is 1. The summed E-state index contributed by atoms with van der Waals surface area (Å²) in [7, 11) is -3.91. The van der Waals surface area contributed by atoms with Gasteiger partial charge in [-0.25, -0.2) is 22.2 Å². The van der Waals surface area contributed by atoms with E-state index in [0.29, 0.717) is 29.0 Å². The molecule has 9 heteroatoms. The highest BCUT2D eigenvalue weighted by Gasteiger charge is 2.53. The van der Waals surface area contributed by atoms with Crippen LogP contribution in [-0.2, 0) is 14.6 Å². The lowest BCUT2D eigenvalue weighted by Gasteiger charge is -2.27. The van der Waals surface area contributed by atoms with Crippen LogP contribution in [0, 0.1) is 18.6 Å². The Morgan fingerprint density at radius 2 is 1.74 bits per heavy atom. The van der Waals surface area contributed by atoms with E-state index in [-0.39, 0.29) is 22.9 Å². The SMILES string of the molecule is Cc1sc(NC(=O)C2(S(=O)(=O)c3ccccc3)CCCC2)nc1-c1ccc(F)c(F)c1. The number of nitrogens with one attached hydrogen (secondary N) is 1. The Morgan fingerprint density at radius 3 is 2.39 bits per heavy atom. The Labute approximate surface area is 183 Å². The minimum absolute atomic E-state index is 0.116. The number of sulfone groups is 1. The van der Waals surface area contributed by atoms with Gasteiger partial charge < -0.3 is 5.32 Å². The van der Waals surface area contributed by atoms with Crippen LogP contribution in [0.4, 0.5) is 13.9 Å². The lowest BCUT2D eigenvalue weighted by molar-refractivity contribution is -0.118. The molecule has 0 saturated heterocycles. The Hall–Kier alpha value is -2.65. The fourth-order valence-corrected chi connectivity index (χ4v) is 6.88. The van der Waals surface area contributed by atoms with Crippen LogP contribution in [0.3, 0.4) is 0 Å². The van der Waals surface area contributed by atoms with Gasteiger partial charge in [0.25, 0.3) is 0 Å². The summed E-state index contributed by atoms with van der Waals surface area (Å²) in [4.78, 5) is 18.4. The largest absolute Gasteiger partial charge is 0.301 e. The standard InChI is InChI=1S/C22H20F2N2O3S2/c1-14-19(15-9-10-17(23)18(24)13-15)25-21(30-14)26-20(27)22(11-5-6-12-22)31(28,29)16-7-3-2-4-8-16/h2-4,7-10,13H,5-6,11-12H2,1H3,(H,25,26,27). The van der Waals surface area contributed by atoms with E-state index in [9.17, 15) is 22.0 Å². The molecule has 0 radical (unpaired) electrons. The van der Waals surface area contributed by atoms with Crippen molar-refractivity contribution in [3.05, 3.63) is 65.0 Å². The Kier molecular flexibility index (Phi) is 5.65. The monoisotopic (exact) mass is 462 g/mol. The van der Waals surface area contributed by atoms with Crippen LogP contribution >= 0.6 is 11.3 Å². The van der Waals surface area contributed by atoms with Crippen molar-refractivity contribution in [2.75, 3.05) is 5.32 Å². The number of hydrogen-bond acceptors (Lipinski definition) is 5. The van der Waals surface area contributed by atoms with Crippen LogP contribution in [0.25, 0.3) is 11.3 Å². The smallest absolute Gasteiger partial charge is 0.248 e. The van der Waals surface area contributed by atoms with E-state index in [4.69, 9.17) is 0 Å². The molecule has 1 aliphatic rings. The van der Waals surface area contributed by atoms with Crippen LogP contribution in [0.5, 0.6) is 0 Å². The van der Waals surface area contributed by atoms with E-state index >= 15 is 0 Å². The van der Waals surface area contributed by atoms with Crippen molar-refractivity contribution in [2.24, 2.45) is 0 Å². The predicted octanol–water partition coefficient (Wildman–Crippen LogP) is 5.12. The van der Waals surface area contributed by atoms with Gasteiger partial charge in [0, 0.05) is 10.4 Å². The van der Waals surface area contributed by atoms with E-state index in [2.05, 4.69) is 10.3 Å². The number of thiazole rings is 1. The Bertz CT molecular complexity index is 1230. The van der Waals surface area contributed by atoms with Gasteiger partial charge in [-0.2, -0.15) is 0 Å². The topological polar surface area (TPSA) is 76.1 Å². The third-order valence-corrected chi connectivity index (χ3v) is 9.00. The van der Waals surface area contributed by atoms with Gasteiger partial charge in [0.2, 0.25) is 5.91 Å². The van der Waals surface area contributed by atoms with Gasteiger partial charge in [-0.05, 0) is 50.1 Å². The van der Waals surface area contributed by atoms with Crippen molar-refractivity contribution >= 4 is 32.2 Å². The molecule has 4 rings (SSSR count). The van der Waals surface area contributed by atoms with Gasteiger partial charge in [-0.3, -0.25) is 4.79 Å². The third-order valence-electron chi connectivity index (χ3n) is 5.60. The quantitative estimate of drug-likeness (QED) is 0.571. The number of amides is 1. The number of anilines is 1. The van der Waals surface area contributed by atoms with E-state index in [1.807, 2.05) is 0 Å². The lowest BCUT2D eigenvalue weighted by atomic mass is 10.1. The molecular weight excluding hydrogens is 442 g/mol. The predicted molar refractivity (Wildman–Crippen MR) is 116 cm³/mol. The van der Waals surface area contributed by atoms with Crippen molar-refractivity contribution < 1.29 is 22.0 Å². The molecule has 1 aliphatic carbocycles. The number of nitrogens with zero attached hydrogens (tertiary/aromatic N) is 1. The molecule has 162 valence electrons. The molecule has 31 heavy (non-hydrogen) atoms. The molecule has 0 aliphatic heterocycles. The summed E-state index contributed by atoms with van der Waals surface area (Å²) in [5.74, 6) is -2.56. The summed E-state index contributed by atoms with van der Waals surface area (Å²) in [6.45, 7) is 1.75. The number of aryl methyl sites for hydroxylation is 1. The van der Waals surface area contributed by atoms with Crippen molar-refractivity contribution in [3.63, 3.8) is 0 Å². The van der Waals surface area contributed by atoms with Gasteiger partial charge >= 0.3 is 0 Å². The molecule has 3 aromatic rings. The maximum Gasteiger partial charge on any atom is 0.248 e. The molecule has 1 fully saturated rings. The highest BCUT2D eigenvalue weighted by molar-refractivity contribution is 7.93. The third kappa shape index (κ3) is 3.76. The van der Waals surface area contributed by atoms with Crippen LogP contribution in [0.1, 0.15) is 30.6 Å². The molecule has 0 unspecified atom stereocenters. The van der Waals surface area contributed by atoms with Crippen molar-refractivity contribution in [1.29, 1.82) is 0 Å². The van der Waals surface area contributed by atoms with Gasteiger partial charge in [0.05, 0.1) is 10.6 Å². The first-order chi connectivity index (χ1) is 14.7. The second-order valence-corrected chi connectivity index (χ2v) is 11.0. The fraction of sp³-hybridized carbons (Fsp3) is 0.273. The van der Waals surface area contributed by atoms with E-state index in [1.54, 1.807) is 25.1 Å². The van der Waals surface area contributed by atoms with Crippen molar-refractivity contribution in [1.82, 2.24) is 4.98 Å². The number of rotatable bonds is 5. The van der Waals surface area contributed by atoms with E-state index in [0.717, 1.165) is 23.5 Å². The minimum Gasteiger partial charge on any atom is -0.301 e. The number of halogens is 2. The van der Waals surface area contributed by atoms with Crippen molar-refractivity contribution in [2.45, 2.75) is 42.2 Å². The van der Waals surface area contributed by atoms with Gasteiger partial charge in [-0.1, -0.05) is 31.0 Å². The molecule has 0 spiro atoms. The Morgan fingerprint density at radius 1 is 1.06 bits per heavy atom. The first-order valence-electron chi connectivity index (χ1n) is 9.78. The first-order valence-corrected chi connectivity index (χ1v) is 12.1. The molecule has 0 bridgehead atoms. The molecule has 1 N–H and O–H groups in total. The first kappa shape index (κ1) is 21.6. The van der Waals surface area contributed by atoms with Gasteiger partial charge in [0.15, 0.2) is 31.4 Å². The second kappa shape index (κ2) is 8.12. The van der Waals surface area contributed by atoms with Crippen LogP contribution < -0.4 is 5.32 Å². The fourth-order valence-electron chi connectivity index (χ4n) is 3.96. The number of benzene rings is 2. The number of aromatic nitrogens is 1. The molecule has 2 aromatic carbocycles. The zero-order valence-electron chi connectivity index (χ0n) is 16.7. The zero-order valence-corrected chi connectivity index (χ0v) is 18.3. The van der Waals surface area contributed by atoms with Gasteiger partial charge in [0.1, 0.15) is 0 Å². The zero-order chi connectivity index (χ0) is 22.2. The molecule has 1 heterocycles. The summed E-state index contributed by atoms with van der Waals surface area (Å²) in [6.07, 6.45) is 1.74. The van der Waals surface area contributed by atoms with Crippen LogP contribution in [0.15, 0.2) is 53.4 Å². The number of carbonyl (C=O) groups excluding carboxylic acids is 1. The van der Waals surface area contributed by atoms with Gasteiger partial charge in [-0.15, -0.1) is 11.3 Å². The summed E-state index contributed by atoms with van der Waals surface area (Å²) in [5, 5.41) is 2.90. The second-order valence-electron chi connectivity index (χ2n) is 7.52. The summed E-state index contributed by atoms with van der Waals surface area (Å²) >= 11 is 1.16. The number of hydrogen-bond donors (Lipinski definition) is 1. The summed E-state index contributed by atoms with van der Waals surface area (Å²) in [5.41, 5.74) is 0.784. The minimum atomic E-state index is -3.91. The highest BCUT2D eigenvalue weighted by Crippen LogP contribution is 2.42. The van der Waals surface area contributed by atoms with Crippen LogP contribution in [0.2, 0.25) is 0 Å². The maximum absolute atomic E-state index is 13.6. The Balaban J connectivity index is 1.66. The van der Waals surface area contributed by atoms with E-state index in [1.165, 1.54) is 18.2 Å². The normalized spacial score (nSPS) is 15.7. The maximum atomic E-state index is 13.6. The molecular formula is C22H20F2N2O3S2. The molecule has 5 nitrogen and oxygen atoms in total. The lowest BCUT2D eigenvalue weighted by Crippen LogP contribution is -2.47. The molecule has 1 aromatic heterocycles.